The first-order valence-corrected chi connectivity index (χ1v) is 9.30. The fourth-order valence-electron chi connectivity index (χ4n) is 2.86. The standard InChI is InChI=1S/C24H28O4/c1-5-24(2,3)14-6-7-18-15-19(23(28-4)16-22(18)27)10-13-21(26)17-8-11-20(25)12-9-17/h5,8-13,15-16,25,27H,1,6-7,14H2,2-4H3. The molecular weight excluding hydrogens is 352 g/mol. The molecule has 0 fully saturated rings. The Morgan fingerprint density at radius 3 is 2.46 bits per heavy atom. The summed E-state index contributed by atoms with van der Waals surface area (Å²) in [7, 11) is 1.53. The van der Waals surface area contributed by atoms with E-state index in [0.717, 1.165) is 30.4 Å². The molecular formula is C24H28O4. The molecule has 0 aromatic heterocycles. The SMILES string of the molecule is C=CC(C)(C)CCCc1cc(C=CC(=O)c2ccc(O)cc2)c(OC)cc1O. The van der Waals surface area contributed by atoms with Crippen LogP contribution < -0.4 is 4.74 Å². The quantitative estimate of drug-likeness (QED) is 0.341. The molecule has 2 N–H and O–H groups in total. The van der Waals surface area contributed by atoms with Gasteiger partial charge in [-0.2, -0.15) is 0 Å². The molecule has 0 saturated carbocycles. The smallest absolute Gasteiger partial charge is 0.185 e. The number of carbonyl (C=O) groups is 1. The van der Waals surface area contributed by atoms with E-state index in [1.807, 2.05) is 12.1 Å². The van der Waals surface area contributed by atoms with Gasteiger partial charge in [0.25, 0.3) is 0 Å². The molecule has 0 aliphatic carbocycles. The predicted octanol–water partition coefficient (Wildman–Crippen LogP) is 5.54. The zero-order valence-electron chi connectivity index (χ0n) is 16.7. The van der Waals surface area contributed by atoms with Gasteiger partial charge in [-0.15, -0.1) is 6.58 Å². The van der Waals surface area contributed by atoms with Crippen LogP contribution in [0.25, 0.3) is 6.08 Å². The maximum absolute atomic E-state index is 12.3. The number of aromatic hydroxyl groups is 2. The van der Waals surface area contributed by atoms with Gasteiger partial charge < -0.3 is 14.9 Å². The molecule has 148 valence electrons. The lowest BCUT2D eigenvalue weighted by Gasteiger charge is -2.19. The van der Waals surface area contributed by atoms with Crippen LogP contribution in [0.3, 0.4) is 0 Å². The van der Waals surface area contributed by atoms with Crippen LogP contribution in [0, 0.1) is 5.41 Å². The number of rotatable bonds is 9. The minimum Gasteiger partial charge on any atom is -0.508 e. The monoisotopic (exact) mass is 380 g/mol. The third kappa shape index (κ3) is 5.74. The fraction of sp³-hybridized carbons (Fsp3) is 0.292. The van der Waals surface area contributed by atoms with Crippen molar-refractivity contribution >= 4 is 11.9 Å². The minimum atomic E-state index is -0.176. The zero-order valence-corrected chi connectivity index (χ0v) is 16.7. The van der Waals surface area contributed by atoms with Gasteiger partial charge in [-0.05, 0) is 72.7 Å². The number of ether oxygens (including phenoxy) is 1. The van der Waals surface area contributed by atoms with E-state index < -0.39 is 0 Å². The fourth-order valence-corrected chi connectivity index (χ4v) is 2.86. The van der Waals surface area contributed by atoms with Gasteiger partial charge in [-0.25, -0.2) is 0 Å². The van der Waals surface area contributed by atoms with Gasteiger partial charge in [-0.1, -0.05) is 19.9 Å². The molecule has 0 amide bonds. The van der Waals surface area contributed by atoms with Crippen molar-refractivity contribution < 1.29 is 19.7 Å². The van der Waals surface area contributed by atoms with Crippen molar-refractivity contribution in [2.24, 2.45) is 5.41 Å². The van der Waals surface area contributed by atoms with Crippen molar-refractivity contribution in [3.8, 4) is 17.2 Å². The summed E-state index contributed by atoms with van der Waals surface area (Å²) in [6.07, 6.45) is 7.70. The molecule has 2 rings (SSSR count). The van der Waals surface area contributed by atoms with Crippen LogP contribution in [-0.2, 0) is 6.42 Å². The lowest BCUT2D eigenvalue weighted by atomic mass is 9.86. The van der Waals surface area contributed by atoms with Gasteiger partial charge >= 0.3 is 0 Å². The van der Waals surface area contributed by atoms with Crippen LogP contribution in [0.4, 0.5) is 0 Å². The highest BCUT2D eigenvalue weighted by Gasteiger charge is 2.14. The summed E-state index contributed by atoms with van der Waals surface area (Å²) in [5.74, 6) is 0.632. The number of hydrogen-bond donors (Lipinski definition) is 2. The Morgan fingerprint density at radius 2 is 1.86 bits per heavy atom. The number of phenolic OH excluding ortho intramolecular Hbond substituents is 2. The largest absolute Gasteiger partial charge is 0.508 e. The van der Waals surface area contributed by atoms with Crippen molar-refractivity contribution in [1.29, 1.82) is 0 Å². The number of benzene rings is 2. The van der Waals surface area contributed by atoms with E-state index in [1.54, 1.807) is 24.3 Å². The van der Waals surface area contributed by atoms with Gasteiger partial charge in [-0.3, -0.25) is 4.79 Å². The Bertz CT molecular complexity index is 861. The average molecular weight is 380 g/mol. The molecule has 0 unspecified atom stereocenters. The predicted molar refractivity (Wildman–Crippen MR) is 113 cm³/mol. The van der Waals surface area contributed by atoms with Gasteiger partial charge in [0.2, 0.25) is 0 Å². The van der Waals surface area contributed by atoms with Crippen LogP contribution >= 0.6 is 0 Å². The van der Waals surface area contributed by atoms with Crippen LogP contribution in [0.1, 0.15) is 48.2 Å². The van der Waals surface area contributed by atoms with E-state index >= 15 is 0 Å². The molecule has 0 heterocycles. The first kappa shape index (κ1) is 21.3. The highest BCUT2D eigenvalue weighted by Crippen LogP contribution is 2.32. The van der Waals surface area contributed by atoms with Crippen molar-refractivity contribution in [3.05, 3.63) is 71.8 Å². The summed E-state index contributed by atoms with van der Waals surface area (Å²) >= 11 is 0. The Balaban J connectivity index is 2.19. The molecule has 2 aromatic carbocycles. The molecule has 28 heavy (non-hydrogen) atoms. The third-order valence-electron chi connectivity index (χ3n) is 4.82. The van der Waals surface area contributed by atoms with Crippen LogP contribution in [0.2, 0.25) is 0 Å². The molecule has 2 aromatic rings. The second kappa shape index (κ2) is 9.27. The Hall–Kier alpha value is -3.01. The highest BCUT2D eigenvalue weighted by molar-refractivity contribution is 6.07. The second-order valence-corrected chi connectivity index (χ2v) is 7.51. The topological polar surface area (TPSA) is 66.8 Å². The van der Waals surface area contributed by atoms with Crippen molar-refractivity contribution in [1.82, 2.24) is 0 Å². The number of ketones is 1. The van der Waals surface area contributed by atoms with E-state index in [-0.39, 0.29) is 22.7 Å². The minimum absolute atomic E-state index is 0.0569. The van der Waals surface area contributed by atoms with Gasteiger partial charge in [0.1, 0.15) is 17.2 Å². The Kier molecular flexibility index (Phi) is 7.05. The molecule has 0 aliphatic rings. The van der Waals surface area contributed by atoms with Gasteiger partial charge in [0.15, 0.2) is 5.78 Å². The Morgan fingerprint density at radius 1 is 1.18 bits per heavy atom. The molecule has 0 aliphatic heterocycles. The number of aryl methyl sites for hydroxylation is 1. The molecule has 0 bridgehead atoms. The Labute approximate surface area is 166 Å². The molecule has 0 saturated heterocycles. The summed E-state index contributed by atoms with van der Waals surface area (Å²) in [5, 5.41) is 19.6. The maximum Gasteiger partial charge on any atom is 0.185 e. The van der Waals surface area contributed by atoms with E-state index in [4.69, 9.17) is 4.74 Å². The number of carbonyl (C=O) groups excluding carboxylic acids is 1. The lowest BCUT2D eigenvalue weighted by molar-refractivity contribution is 0.104. The second-order valence-electron chi connectivity index (χ2n) is 7.51. The highest BCUT2D eigenvalue weighted by atomic mass is 16.5. The molecule has 0 atom stereocenters. The van der Waals surface area contributed by atoms with Gasteiger partial charge in [0, 0.05) is 17.2 Å². The van der Waals surface area contributed by atoms with Crippen molar-refractivity contribution in [2.75, 3.05) is 7.11 Å². The third-order valence-corrected chi connectivity index (χ3v) is 4.82. The summed E-state index contributed by atoms with van der Waals surface area (Å²) in [6.45, 7) is 8.13. The normalized spacial score (nSPS) is 11.5. The van der Waals surface area contributed by atoms with Gasteiger partial charge in [0.05, 0.1) is 7.11 Å². The molecule has 4 heteroatoms. The average Bonchev–Trinajstić information content (AvgIpc) is 2.68. The first-order chi connectivity index (χ1) is 13.3. The first-order valence-electron chi connectivity index (χ1n) is 9.30. The molecule has 4 nitrogen and oxygen atoms in total. The lowest BCUT2D eigenvalue weighted by Crippen LogP contribution is -2.07. The number of hydrogen-bond acceptors (Lipinski definition) is 4. The molecule has 0 radical (unpaired) electrons. The zero-order chi connectivity index (χ0) is 20.7. The number of methoxy groups -OCH3 is 1. The maximum atomic E-state index is 12.3. The van der Waals surface area contributed by atoms with E-state index in [0.29, 0.717) is 11.3 Å². The van der Waals surface area contributed by atoms with E-state index in [9.17, 15) is 15.0 Å². The number of phenols is 2. The van der Waals surface area contributed by atoms with E-state index in [2.05, 4.69) is 20.4 Å². The number of allylic oxidation sites excluding steroid dienone is 2. The van der Waals surface area contributed by atoms with Crippen LogP contribution in [-0.4, -0.2) is 23.1 Å². The van der Waals surface area contributed by atoms with Crippen LogP contribution in [0.15, 0.2) is 55.1 Å². The van der Waals surface area contributed by atoms with Crippen molar-refractivity contribution in [3.63, 3.8) is 0 Å². The summed E-state index contributed by atoms with van der Waals surface area (Å²) in [5.41, 5.74) is 2.09. The van der Waals surface area contributed by atoms with Crippen molar-refractivity contribution in [2.45, 2.75) is 33.1 Å². The van der Waals surface area contributed by atoms with Crippen LogP contribution in [0.5, 0.6) is 17.2 Å². The summed E-state index contributed by atoms with van der Waals surface area (Å²) in [6, 6.07) is 9.54. The summed E-state index contributed by atoms with van der Waals surface area (Å²) < 4.78 is 5.34. The summed E-state index contributed by atoms with van der Waals surface area (Å²) in [4.78, 5) is 12.3. The van der Waals surface area contributed by atoms with E-state index in [1.165, 1.54) is 25.3 Å². The molecule has 0 spiro atoms.